The second-order valence-corrected chi connectivity index (χ2v) is 6.80. The monoisotopic (exact) mass is 335 g/mol. The van der Waals surface area contributed by atoms with Crippen molar-refractivity contribution in [2.75, 3.05) is 15.1 Å². The van der Waals surface area contributed by atoms with E-state index in [0.29, 0.717) is 0 Å². The molecule has 1 N–H and O–H groups in total. The molecule has 0 saturated heterocycles. The van der Waals surface area contributed by atoms with E-state index < -0.39 is 0 Å². The Morgan fingerprint density at radius 1 is 0.577 bits per heavy atom. The van der Waals surface area contributed by atoms with Crippen LogP contribution in [0.4, 0.5) is 28.4 Å². The number of nitrogens with one attached hydrogen (secondary N) is 1. The Hall–Kier alpha value is -3.46. The van der Waals surface area contributed by atoms with E-state index in [9.17, 15) is 0 Å². The van der Waals surface area contributed by atoms with Gasteiger partial charge < -0.3 is 10.2 Å². The molecule has 0 amide bonds. The number of benzene rings is 4. The quantitative estimate of drug-likeness (QED) is 0.471. The third-order valence-corrected chi connectivity index (χ3v) is 5.33. The lowest BCUT2D eigenvalue weighted by Crippen LogP contribution is -2.40. The molecule has 4 aromatic rings. The van der Waals surface area contributed by atoms with E-state index in [-0.39, 0.29) is 6.29 Å². The smallest absolute Gasteiger partial charge is 0.187 e. The first kappa shape index (κ1) is 13.8. The summed E-state index contributed by atoms with van der Waals surface area (Å²) < 4.78 is 0. The lowest BCUT2D eigenvalue weighted by Gasteiger charge is -2.27. The molecule has 0 fully saturated rings. The number of fused-ring (bicyclic) bond motifs is 6. The van der Waals surface area contributed by atoms with Crippen LogP contribution in [-0.2, 0) is 0 Å². The van der Waals surface area contributed by atoms with Crippen LogP contribution in [0, 0.1) is 0 Å². The minimum atomic E-state index is 0.0570. The maximum Gasteiger partial charge on any atom is 0.187 e. The standard InChI is InChI=1S/C23H17N3/c1-2-10-18(11-3-1)25-20-12-6-7-13-21(20)26-22-15-17-9-5-4-8-16(17)14-19(22)24-23(25)26/h1-15,23-24H. The van der Waals surface area contributed by atoms with Crippen LogP contribution in [0.2, 0.25) is 0 Å². The van der Waals surface area contributed by atoms with Gasteiger partial charge in [0.05, 0.1) is 22.7 Å². The maximum absolute atomic E-state index is 3.74. The molecule has 1 atom stereocenters. The lowest BCUT2D eigenvalue weighted by atomic mass is 10.1. The van der Waals surface area contributed by atoms with Crippen molar-refractivity contribution in [3.63, 3.8) is 0 Å². The second-order valence-electron chi connectivity index (χ2n) is 6.80. The predicted octanol–water partition coefficient (Wildman–Crippen LogP) is 5.84. The Morgan fingerprint density at radius 3 is 1.96 bits per heavy atom. The van der Waals surface area contributed by atoms with E-state index in [1.165, 1.54) is 39.2 Å². The van der Waals surface area contributed by atoms with Crippen molar-refractivity contribution in [3.05, 3.63) is 91.0 Å². The molecule has 2 aliphatic rings. The van der Waals surface area contributed by atoms with Crippen molar-refractivity contribution in [1.29, 1.82) is 0 Å². The van der Waals surface area contributed by atoms with Gasteiger partial charge in [0.1, 0.15) is 0 Å². The van der Waals surface area contributed by atoms with Crippen LogP contribution in [0.15, 0.2) is 91.0 Å². The van der Waals surface area contributed by atoms with Gasteiger partial charge >= 0.3 is 0 Å². The van der Waals surface area contributed by atoms with Gasteiger partial charge in [-0.25, -0.2) is 0 Å². The van der Waals surface area contributed by atoms with Crippen molar-refractivity contribution >= 4 is 39.2 Å². The first-order valence-corrected chi connectivity index (χ1v) is 8.92. The van der Waals surface area contributed by atoms with Crippen LogP contribution >= 0.6 is 0 Å². The molecule has 4 aromatic carbocycles. The SMILES string of the molecule is c1ccc(N2c3ccccc3N3c4cc5ccccc5cc4NC23)cc1. The van der Waals surface area contributed by atoms with Crippen LogP contribution in [0.1, 0.15) is 0 Å². The van der Waals surface area contributed by atoms with Gasteiger partial charge in [0, 0.05) is 5.69 Å². The van der Waals surface area contributed by atoms with E-state index in [0.717, 1.165) is 0 Å². The number of hydrogen-bond donors (Lipinski definition) is 1. The van der Waals surface area contributed by atoms with E-state index >= 15 is 0 Å². The number of rotatable bonds is 1. The fraction of sp³-hybridized carbons (Fsp3) is 0.0435. The third kappa shape index (κ3) is 1.77. The predicted molar refractivity (Wildman–Crippen MR) is 109 cm³/mol. The van der Waals surface area contributed by atoms with Gasteiger partial charge in [0.15, 0.2) is 6.29 Å². The van der Waals surface area contributed by atoms with Crippen molar-refractivity contribution < 1.29 is 0 Å². The van der Waals surface area contributed by atoms with Crippen LogP contribution in [0.25, 0.3) is 10.8 Å². The largest absolute Gasteiger partial charge is 0.346 e. The number of anilines is 5. The number of nitrogens with zero attached hydrogens (tertiary/aromatic N) is 2. The Balaban J connectivity index is 1.58. The van der Waals surface area contributed by atoms with Gasteiger partial charge in [-0.05, 0) is 47.2 Å². The van der Waals surface area contributed by atoms with Crippen molar-refractivity contribution in [1.82, 2.24) is 0 Å². The average molecular weight is 335 g/mol. The third-order valence-electron chi connectivity index (χ3n) is 5.33. The molecule has 2 heterocycles. The molecule has 0 radical (unpaired) electrons. The van der Waals surface area contributed by atoms with Gasteiger partial charge in [0.25, 0.3) is 0 Å². The van der Waals surface area contributed by atoms with Crippen molar-refractivity contribution in [2.24, 2.45) is 0 Å². The van der Waals surface area contributed by atoms with E-state index in [1.54, 1.807) is 0 Å². The fourth-order valence-corrected chi connectivity index (χ4v) is 4.19. The average Bonchev–Trinajstić information content (AvgIpc) is 3.20. The topological polar surface area (TPSA) is 18.5 Å². The lowest BCUT2D eigenvalue weighted by molar-refractivity contribution is 0.808. The zero-order valence-corrected chi connectivity index (χ0v) is 14.1. The number of para-hydroxylation sites is 3. The first-order chi connectivity index (χ1) is 12.9. The molecule has 0 spiro atoms. The highest BCUT2D eigenvalue weighted by atomic mass is 15.5. The van der Waals surface area contributed by atoms with E-state index in [4.69, 9.17) is 0 Å². The highest BCUT2D eigenvalue weighted by Gasteiger charge is 2.42. The van der Waals surface area contributed by atoms with Gasteiger partial charge in [-0.2, -0.15) is 0 Å². The summed E-state index contributed by atoms with van der Waals surface area (Å²) in [4.78, 5) is 4.78. The Morgan fingerprint density at radius 2 is 1.19 bits per heavy atom. The second kappa shape index (κ2) is 5.02. The van der Waals surface area contributed by atoms with Gasteiger partial charge in [-0.15, -0.1) is 0 Å². The molecule has 1 unspecified atom stereocenters. The summed E-state index contributed by atoms with van der Waals surface area (Å²) in [5.41, 5.74) is 6.08. The first-order valence-electron chi connectivity index (χ1n) is 8.92. The zero-order valence-electron chi connectivity index (χ0n) is 14.1. The normalized spacial score (nSPS) is 17.0. The van der Waals surface area contributed by atoms with Crippen molar-refractivity contribution in [3.8, 4) is 0 Å². The molecule has 2 aliphatic heterocycles. The molecule has 0 saturated carbocycles. The molecule has 0 aliphatic carbocycles. The Labute approximate surface area is 152 Å². The van der Waals surface area contributed by atoms with E-state index in [1.807, 2.05) is 0 Å². The van der Waals surface area contributed by atoms with E-state index in [2.05, 4.69) is 106 Å². The maximum atomic E-state index is 3.74. The zero-order chi connectivity index (χ0) is 17.1. The molecule has 6 rings (SSSR count). The Kier molecular flexibility index (Phi) is 2.66. The summed E-state index contributed by atoms with van der Waals surface area (Å²) in [7, 11) is 0. The van der Waals surface area contributed by atoms with Crippen LogP contribution < -0.4 is 15.1 Å². The van der Waals surface area contributed by atoms with Crippen LogP contribution in [-0.4, -0.2) is 6.29 Å². The van der Waals surface area contributed by atoms with Gasteiger partial charge in [0.2, 0.25) is 0 Å². The summed E-state index contributed by atoms with van der Waals surface area (Å²) in [6.07, 6.45) is 0.0570. The summed E-state index contributed by atoms with van der Waals surface area (Å²) >= 11 is 0. The molecule has 0 bridgehead atoms. The Bertz CT molecular complexity index is 1140. The minimum Gasteiger partial charge on any atom is -0.346 e. The molecular formula is C23H17N3. The van der Waals surface area contributed by atoms with Gasteiger partial charge in [-0.3, -0.25) is 4.90 Å². The highest BCUT2D eigenvalue weighted by molar-refractivity contribution is 6.01. The number of hydrogen-bond acceptors (Lipinski definition) is 3. The minimum absolute atomic E-state index is 0.0570. The summed E-state index contributed by atoms with van der Waals surface area (Å²) in [6, 6.07) is 32.3. The summed E-state index contributed by atoms with van der Waals surface area (Å²) in [5, 5.41) is 6.27. The summed E-state index contributed by atoms with van der Waals surface area (Å²) in [5.74, 6) is 0. The van der Waals surface area contributed by atoms with Crippen LogP contribution in [0.5, 0.6) is 0 Å². The molecule has 26 heavy (non-hydrogen) atoms. The fourth-order valence-electron chi connectivity index (χ4n) is 4.19. The molecule has 124 valence electrons. The molecule has 3 heteroatoms. The van der Waals surface area contributed by atoms with Gasteiger partial charge in [-0.1, -0.05) is 54.6 Å². The molecular weight excluding hydrogens is 318 g/mol. The molecule has 3 nitrogen and oxygen atoms in total. The van der Waals surface area contributed by atoms with Crippen LogP contribution in [0.3, 0.4) is 0 Å². The highest BCUT2D eigenvalue weighted by Crippen LogP contribution is 2.53. The molecule has 0 aromatic heterocycles. The van der Waals surface area contributed by atoms with Crippen molar-refractivity contribution in [2.45, 2.75) is 6.29 Å². The summed E-state index contributed by atoms with van der Waals surface area (Å²) in [6.45, 7) is 0.